The number of rotatable bonds is 6. The van der Waals surface area contributed by atoms with Gasteiger partial charge in [0.1, 0.15) is 23.4 Å². The number of hydrogen-bond acceptors (Lipinski definition) is 5. The van der Waals surface area contributed by atoms with E-state index in [1.807, 2.05) is 30.3 Å². The van der Waals surface area contributed by atoms with E-state index in [2.05, 4.69) is 0 Å². The zero-order valence-corrected chi connectivity index (χ0v) is 14.5. The molecule has 5 nitrogen and oxygen atoms in total. The molecule has 0 saturated heterocycles. The lowest BCUT2D eigenvalue weighted by Gasteiger charge is -2.27. The second-order valence-electron chi connectivity index (χ2n) is 5.96. The summed E-state index contributed by atoms with van der Waals surface area (Å²) in [5.41, 5.74) is 2.32. The van der Waals surface area contributed by atoms with Crippen molar-refractivity contribution in [3.63, 3.8) is 0 Å². The Kier molecular flexibility index (Phi) is 5.24. The highest BCUT2D eigenvalue weighted by Crippen LogP contribution is 2.40. The van der Waals surface area contributed by atoms with E-state index >= 15 is 0 Å². The van der Waals surface area contributed by atoms with Crippen LogP contribution >= 0.6 is 0 Å². The van der Waals surface area contributed by atoms with Gasteiger partial charge in [-0.25, -0.2) is 0 Å². The second-order valence-corrected chi connectivity index (χ2v) is 5.96. The highest BCUT2D eigenvalue weighted by molar-refractivity contribution is 6.00. The average Bonchev–Trinajstić information content (AvgIpc) is 2.65. The molecule has 0 fully saturated rings. The van der Waals surface area contributed by atoms with Crippen LogP contribution in [0.1, 0.15) is 40.4 Å². The molecule has 2 aromatic carbocycles. The molecule has 0 spiro atoms. The molecule has 0 bridgehead atoms. The number of para-hydroxylation sites is 1. The Morgan fingerprint density at radius 3 is 2.64 bits per heavy atom. The number of hydrogen-bond donors (Lipinski definition) is 1. The fraction of sp³-hybridized carbons (Fsp3) is 0.350. The Hall–Kier alpha value is -2.53. The standard InChI is InChI=1S/C20H22O5/c1-23-17-8-4-3-7-14(17)20-12-16(22)15-11-18(24-2)13(6-5-9-21)10-19(15)25-20/h3-4,7-8,10-11,20-21H,5-6,9,12H2,1-2H3. The van der Waals surface area contributed by atoms with Crippen molar-refractivity contribution in [2.45, 2.75) is 25.4 Å². The fourth-order valence-electron chi connectivity index (χ4n) is 3.15. The van der Waals surface area contributed by atoms with Crippen molar-refractivity contribution >= 4 is 5.78 Å². The van der Waals surface area contributed by atoms with Crippen LogP contribution in [0.25, 0.3) is 0 Å². The maximum atomic E-state index is 12.6. The number of aryl methyl sites for hydroxylation is 1. The summed E-state index contributed by atoms with van der Waals surface area (Å²) in [7, 11) is 3.19. The van der Waals surface area contributed by atoms with Crippen LogP contribution in [0, 0.1) is 0 Å². The number of aliphatic hydroxyl groups excluding tert-OH is 1. The molecule has 25 heavy (non-hydrogen) atoms. The van der Waals surface area contributed by atoms with Crippen molar-refractivity contribution in [1.29, 1.82) is 0 Å². The summed E-state index contributed by atoms with van der Waals surface area (Å²) >= 11 is 0. The fourth-order valence-corrected chi connectivity index (χ4v) is 3.15. The molecular formula is C20H22O5. The van der Waals surface area contributed by atoms with Crippen molar-refractivity contribution in [2.24, 2.45) is 0 Å². The van der Waals surface area contributed by atoms with Crippen LogP contribution in [0.2, 0.25) is 0 Å². The Morgan fingerprint density at radius 2 is 1.92 bits per heavy atom. The molecule has 1 aliphatic heterocycles. The lowest BCUT2D eigenvalue weighted by molar-refractivity contribution is 0.0846. The largest absolute Gasteiger partial charge is 0.496 e. The van der Waals surface area contributed by atoms with Crippen LogP contribution in [0.5, 0.6) is 17.2 Å². The van der Waals surface area contributed by atoms with Crippen LogP contribution in [-0.4, -0.2) is 31.7 Å². The number of aliphatic hydroxyl groups is 1. The highest BCUT2D eigenvalue weighted by atomic mass is 16.5. The van der Waals surface area contributed by atoms with E-state index in [-0.39, 0.29) is 24.9 Å². The maximum absolute atomic E-state index is 12.6. The lowest BCUT2D eigenvalue weighted by Crippen LogP contribution is -2.21. The molecule has 1 unspecified atom stereocenters. The van der Waals surface area contributed by atoms with Crippen molar-refractivity contribution in [3.05, 3.63) is 53.1 Å². The smallest absolute Gasteiger partial charge is 0.170 e. The minimum Gasteiger partial charge on any atom is -0.496 e. The Balaban J connectivity index is 1.97. The second kappa shape index (κ2) is 7.57. The molecule has 0 aromatic heterocycles. The summed E-state index contributed by atoms with van der Waals surface area (Å²) in [6.07, 6.45) is 1.16. The highest BCUT2D eigenvalue weighted by Gasteiger charge is 2.30. The normalized spacial score (nSPS) is 16.1. The Morgan fingerprint density at radius 1 is 1.16 bits per heavy atom. The van der Waals surface area contributed by atoms with Crippen molar-refractivity contribution in [3.8, 4) is 17.2 Å². The summed E-state index contributed by atoms with van der Waals surface area (Å²) in [4.78, 5) is 12.6. The molecule has 1 heterocycles. The van der Waals surface area contributed by atoms with Crippen molar-refractivity contribution in [2.75, 3.05) is 20.8 Å². The molecule has 0 radical (unpaired) electrons. The van der Waals surface area contributed by atoms with Gasteiger partial charge < -0.3 is 19.3 Å². The Bertz CT molecular complexity index is 769. The Labute approximate surface area is 147 Å². The van der Waals surface area contributed by atoms with E-state index < -0.39 is 0 Å². The number of methoxy groups -OCH3 is 2. The molecule has 0 saturated carbocycles. The predicted molar refractivity (Wildman–Crippen MR) is 93.7 cm³/mol. The third kappa shape index (κ3) is 3.46. The van der Waals surface area contributed by atoms with Crippen LogP contribution in [0.15, 0.2) is 36.4 Å². The first-order valence-electron chi connectivity index (χ1n) is 8.32. The number of fused-ring (bicyclic) bond motifs is 1. The van der Waals surface area contributed by atoms with Gasteiger partial charge in [-0.3, -0.25) is 4.79 Å². The van der Waals surface area contributed by atoms with Crippen LogP contribution in [0.3, 0.4) is 0 Å². The number of ether oxygens (including phenoxy) is 3. The summed E-state index contributed by atoms with van der Waals surface area (Å²) in [6.45, 7) is 0.101. The van der Waals surface area contributed by atoms with Crippen molar-refractivity contribution < 1.29 is 24.1 Å². The zero-order valence-electron chi connectivity index (χ0n) is 14.5. The first-order chi connectivity index (χ1) is 12.2. The molecular weight excluding hydrogens is 320 g/mol. The van der Waals surface area contributed by atoms with E-state index in [0.717, 1.165) is 11.1 Å². The molecule has 1 atom stereocenters. The molecule has 3 rings (SSSR count). The van der Waals surface area contributed by atoms with Crippen molar-refractivity contribution in [1.82, 2.24) is 0 Å². The van der Waals surface area contributed by atoms with E-state index in [0.29, 0.717) is 35.7 Å². The van der Waals surface area contributed by atoms with Crippen LogP contribution in [0.4, 0.5) is 0 Å². The van der Waals surface area contributed by atoms with Gasteiger partial charge >= 0.3 is 0 Å². The van der Waals surface area contributed by atoms with Gasteiger partial charge in [-0.05, 0) is 36.6 Å². The van der Waals surface area contributed by atoms with Gasteiger partial charge in [0, 0.05) is 12.2 Å². The van der Waals surface area contributed by atoms with E-state index in [1.165, 1.54) is 0 Å². The SMILES string of the molecule is COc1cc2c(cc1CCCO)OC(c1ccccc1OC)CC2=O. The molecule has 5 heteroatoms. The average molecular weight is 342 g/mol. The number of ketones is 1. The summed E-state index contributed by atoms with van der Waals surface area (Å²) in [6, 6.07) is 11.2. The lowest BCUT2D eigenvalue weighted by atomic mass is 9.94. The summed E-state index contributed by atoms with van der Waals surface area (Å²) in [5, 5.41) is 9.08. The van der Waals surface area contributed by atoms with E-state index in [1.54, 1.807) is 20.3 Å². The first kappa shape index (κ1) is 17.3. The van der Waals surface area contributed by atoms with Gasteiger partial charge in [-0.15, -0.1) is 0 Å². The van der Waals surface area contributed by atoms with Gasteiger partial charge in [-0.1, -0.05) is 18.2 Å². The summed E-state index contributed by atoms with van der Waals surface area (Å²) in [5.74, 6) is 1.93. The van der Waals surface area contributed by atoms with Crippen LogP contribution in [-0.2, 0) is 6.42 Å². The minimum atomic E-state index is -0.379. The third-order valence-electron chi connectivity index (χ3n) is 4.41. The number of carbonyl (C=O) groups excluding carboxylic acids is 1. The van der Waals surface area contributed by atoms with Gasteiger partial charge in [0.25, 0.3) is 0 Å². The van der Waals surface area contributed by atoms with E-state index in [4.69, 9.17) is 19.3 Å². The van der Waals surface area contributed by atoms with Gasteiger partial charge in [-0.2, -0.15) is 0 Å². The van der Waals surface area contributed by atoms with Crippen LogP contribution < -0.4 is 14.2 Å². The molecule has 2 aromatic rings. The quantitative estimate of drug-likeness (QED) is 0.872. The minimum absolute atomic E-state index is 0.0177. The number of Topliss-reactive ketones (excluding diaryl/α,β-unsaturated/α-hetero) is 1. The zero-order chi connectivity index (χ0) is 17.8. The molecule has 0 aliphatic carbocycles. The monoisotopic (exact) mass is 342 g/mol. The number of benzene rings is 2. The maximum Gasteiger partial charge on any atom is 0.170 e. The van der Waals surface area contributed by atoms with E-state index in [9.17, 15) is 4.79 Å². The molecule has 0 amide bonds. The summed E-state index contributed by atoms with van der Waals surface area (Å²) < 4.78 is 16.9. The van der Waals surface area contributed by atoms with Gasteiger partial charge in [0.15, 0.2) is 5.78 Å². The number of carbonyl (C=O) groups is 1. The van der Waals surface area contributed by atoms with Gasteiger partial charge in [0.2, 0.25) is 0 Å². The topological polar surface area (TPSA) is 65.0 Å². The molecule has 132 valence electrons. The first-order valence-corrected chi connectivity index (χ1v) is 8.32. The predicted octanol–water partition coefficient (Wildman–Crippen LogP) is 3.34. The molecule has 1 N–H and O–H groups in total. The third-order valence-corrected chi connectivity index (χ3v) is 4.41. The van der Waals surface area contributed by atoms with Gasteiger partial charge in [0.05, 0.1) is 26.2 Å². The molecule has 1 aliphatic rings.